The molecule has 1 heterocycles. The number of rotatable bonds is 5. The average Bonchev–Trinajstić information content (AvgIpc) is 3.02. The van der Waals surface area contributed by atoms with E-state index in [4.69, 9.17) is 16.7 Å². The minimum absolute atomic E-state index is 0.167. The SMILES string of the molecule is Cc1nn(-c2cccc(Cl)c2)nc1C(=O)NCc1cccc(C(=O)O)c1. The Labute approximate surface area is 154 Å². The zero-order chi connectivity index (χ0) is 18.7. The van der Waals surface area contributed by atoms with Crippen LogP contribution >= 0.6 is 11.6 Å². The van der Waals surface area contributed by atoms with Crippen LogP contribution < -0.4 is 5.32 Å². The number of aromatic nitrogens is 3. The lowest BCUT2D eigenvalue weighted by atomic mass is 10.1. The molecule has 0 aliphatic heterocycles. The molecule has 0 fully saturated rings. The number of halogens is 1. The Kier molecular flexibility index (Phi) is 4.99. The Balaban J connectivity index is 1.74. The second-order valence-electron chi connectivity index (χ2n) is 5.59. The summed E-state index contributed by atoms with van der Waals surface area (Å²) >= 11 is 5.97. The van der Waals surface area contributed by atoms with Crippen LogP contribution in [0.1, 0.15) is 32.1 Å². The summed E-state index contributed by atoms with van der Waals surface area (Å²) in [6, 6.07) is 13.4. The van der Waals surface area contributed by atoms with Crippen molar-refractivity contribution in [1.82, 2.24) is 20.3 Å². The highest BCUT2D eigenvalue weighted by molar-refractivity contribution is 6.30. The van der Waals surface area contributed by atoms with Crippen LogP contribution in [-0.2, 0) is 6.54 Å². The number of hydrogen-bond acceptors (Lipinski definition) is 4. The quantitative estimate of drug-likeness (QED) is 0.719. The second-order valence-corrected chi connectivity index (χ2v) is 6.03. The van der Waals surface area contributed by atoms with E-state index in [1.807, 2.05) is 0 Å². The highest BCUT2D eigenvalue weighted by Crippen LogP contribution is 2.14. The molecule has 0 aliphatic carbocycles. The van der Waals surface area contributed by atoms with E-state index in [-0.39, 0.29) is 17.8 Å². The predicted molar refractivity (Wildman–Crippen MR) is 95.7 cm³/mol. The van der Waals surface area contributed by atoms with Crippen molar-refractivity contribution in [3.05, 3.63) is 76.1 Å². The van der Waals surface area contributed by atoms with Gasteiger partial charge in [-0.2, -0.15) is 9.90 Å². The van der Waals surface area contributed by atoms with Gasteiger partial charge >= 0.3 is 5.97 Å². The smallest absolute Gasteiger partial charge is 0.335 e. The lowest BCUT2D eigenvalue weighted by Crippen LogP contribution is -2.24. The molecular formula is C18H15ClN4O3. The first kappa shape index (κ1) is 17.6. The lowest BCUT2D eigenvalue weighted by molar-refractivity contribution is 0.0696. The van der Waals surface area contributed by atoms with Crippen LogP contribution in [0.25, 0.3) is 5.69 Å². The van der Waals surface area contributed by atoms with Gasteiger partial charge in [0.1, 0.15) is 0 Å². The first-order valence-corrected chi connectivity index (χ1v) is 8.12. The molecule has 1 aromatic heterocycles. The van der Waals surface area contributed by atoms with Gasteiger partial charge in [0.15, 0.2) is 5.69 Å². The molecular weight excluding hydrogens is 356 g/mol. The van der Waals surface area contributed by atoms with Crippen molar-refractivity contribution in [3.8, 4) is 5.69 Å². The molecule has 0 bridgehead atoms. The van der Waals surface area contributed by atoms with Gasteiger partial charge in [0.05, 0.1) is 16.9 Å². The van der Waals surface area contributed by atoms with Crippen LogP contribution in [0.3, 0.4) is 0 Å². The van der Waals surface area contributed by atoms with Crippen LogP contribution in [-0.4, -0.2) is 32.0 Å². The van der Waals surface area contributed by atoms with E-state index in [2.05, 4.69) is 15.5 Å². The van der Waals surface area contributed by atoms with E-state index in [0.717, 1.165) is 0 Å². The fourth-order valence-electron chi connectivity index (χ4n) is 2.38. The number of carbonyl (C=O) groups is 2. The molecule has 0 atom stereocenters. The molecule has 26 heavy (non-hydrogen) atoms. The number of amides is 1. The van der Waals surface area contributed by atoms with Crippen molar-refractivity contribution in [3.63, 3.8) is 0 Å². The Bertz CT molecular complexity index is 984. The van der Waals surface area contributed by atoms with E-state index in [9.17, 15) is 9.59 Å². The fourth-order valence-corrected chi connectivity index (χ4v) is 2.57. The summed E-state index contributed by atoms with van der Waals surface area (Å²) in [5.41, 5.74) is 2.16. The minimum atomic E-state index is -1.02. The molecule has 2 N–H and O–H groups in total. The first-order valence-electron chi connectivity index (χ1n) is 7.74. The number of carbonyl (C=O) groups excluding carboxylic acids is 1. The Morgan fingerprint density at radius 3 is 2.65 bits per heavy atom. The summed E-state index contributed by atoms with van der Waals surface area (Å²) in [5, 5.41) is 20.7. The number of aryl methyl sites for hydroxylation is 1. The molecule has 2 aromatic carbocycles. The number of nitrogens with zero attached hydrogens (tertiary/aromatic N) is 3. The summed E-state index contributed by atoms with van der Waals surface area (Å²) in [6.07, 6.45) is 0. The Hall–Kier alpha value is -3.19. The van der Waals surface area contributed by atoms with Gasteiger partial charge < -0.3 is 10.4 Å². The summed E-state index contributed by atoms with van der Waals surface area (Å²) in [4.78, 5) is 24.7. The fraction of sp³-hybridized carbons (Fsp3) is 0.111. The zero-order valence-electron chi connectivity index (χ0n) is 13.8. The molecule has 7 nitrogen and oxygen atoms in total. The summed E-state index contributed by atoms with van der Waals surface area (Å²) < 4.78 is 0. The largest absolute Gasteiger partial charge is 0.478 e. The number of aromatic carboxylic acids is 1. The maximum absolute atomic E-state index is 12.4. The van der Waals surface area contributed by atoms with Crippen LogP contribution in [0.2, 0.25) is 5.02 Å². The van der Waals surface area contributed by atoms with Crippen molar-refractivity contribution in [2.75, 3.05) is 0 Å². The van der Waals surface area contributed by atoms with Crippen LogP contribution in [0.5, 0.6) is 0 Å². The van der Waals surface area contributed by atoms with Crippen LogP contribution in [0.4, 0.5) is 0 Å². The maximum atomic E-state index is 12.4. The number of hydrogen-bond donors (Lipinski definition) is 2. The van der Waals surface area contributed by atoms with Crippen molar-refractivity contribution in [2.45, 2.75) is 13.5 Å². The van der Waals surface area contributed by atoms with Crippen molar-refractivity contribution in [2.24, 2.45) is 0 Å². The molecule has 0 saturated carbocycles. The van der Waals surface area contributed by atoms with E-state index >= 15 is 0 Å². The van der Waals surface area contributed by atoms with Crippen LogP contribution in [0, 0.1) is 6.92 Å². The van der Waals surface area contributed by atoms with Gasteiger partial charge in [0.25, 0.3) is 5.91 Å². The number of benzene rings is 2. The molecule has 8 heteroatoms. The van der Waals surface area contributed by atoms with E-state index in [1.54, 1.807) is 43.3 Å². The maximum Gasteiger partial charge on any atom is 0.335 e. The zero-order valence-corrected chi connectivity index (χ0v) is 14.6. The third kappa shape index (κ3) is 3.89. The molecule has 0 saturated heterocycles. The van der Waals surface area contributed by atoms with Crippen LogP contribution in [0.15, 0.2) is 48.5 Å². The van der Waals surface area contributed by atoms with Gasteiger partial charge in [-0.15, -0.1) is 5.10 Å². The molecule has 3 aromatic rings. The average molecular weight is 371 g/mol. The summed E-state index contributed by atoms with van der Waals surface area (Å²) in [6.45, 7) is 1.87. The van der Waals surface area contributed by atoms with Gasteiger partial charge in [-0.1, -0.05) is 29.8 Å². The van der Waals surface area contributed by atoms with Gasteiger partial charge in [-0.3, -0.25) is 4.79 Å². The Morgan fingerprint density at radius 1 is 1.15 bits per heavy atom. The number of nitrogens with one attached hydrogen (secondary N) is 1. The van der Waals surface area contributed by atoms with Crippen molar-refractivity contribution >= 4 is 23.5 Å². The Morgan fingerprint density at radius 2 is 1.92 bits per heavy atom. The van der Waals surface area contributed by atoms with Crippen molar-refractivity contribution in [1.29, 1.82) is 0 Å². The monoisotopic (exact) mass is 370 g/mol. The minimum Gasteiger partial charge on any atom is -0.478 e. The molecule has 132 valence electrons. The third-order valence-corrected chi connectivity index (χ3v) is 3.90. The molecule has 3 rings (SSSR count). The van der Waals surface area contributed by atoms with Gasteiger partial charge in [-0.25, -0.2) is 4.79 Å². The normalized spacial score (nSPS) is 10.5. The highest BCUT2D eigenvalue weighted by atomic mass is 35.5. The van der Waals surface area contributed by atoms with Crippen molar-refractivity contribution < 1.29 is 14.7 Å². The molecule has 0 radical (unpaired) electrons. The standard InChI is InChI=1S/C18H15ClN4O3/c1-11-16(22-23(21-11)15-7-3-6-14(19)9-15)17(24)20-10-12-4-2-5-13(8-12)18(25)26/h2-9H,10H2,1H3,(H,20,24)(H,25,26). The van der Waals surface area contributed by atoms with E-state index in [1.165, 1.54) is 16.9 Å². The predicted octanol–water partition coefficient (Wildman–Crippen LogP) is 2.86. The van der Waals surface area contributed by atoms with E-state index in [0.29, 0.717) is 22.0 Å². The number of carboxylic acids is 1. The van der Waals surface area contributed by atoms with E-state index < -0.39 is 11.9 Å². The molecule has 0 spiro atoms. The second kappa shape index (κ2) is 7.37. The van der Waals surface area contributed by atoms with Gasteiger partial charge in [-0.05, 0) is 42.8 Å². The topological polar surface area (TPSA) is 97.1 Å². The summed E-state index contributed by atoms with van der Waals surface area (Å²) in [5.74, 6) is -1.41. The molecule has 1 amide bonds. The highest BCUT2D eigenvalue weighted by Gasteiger charge is 2.16. The number of carboxylic acid groups (broad SMARTS) is 1. The summed E-state index contributed by atoms with van der Waals surface area (Å²) in [7, 11) is 0. The molecule has 0 aliphatic rings. The molecule has 0 unspecified atom stereocenters. The third-order valence-electron chi connectivity index (χ3n) is 3.66. The first-order chi connectivity index (χ1) is 12.4. The van der Waals surface area contributed by atoms with Gasteiger partial charge in [0.2, 0.25) is 0 Å². The lowest BCUT2D eigenvalue weighted by Gasteiger charge is -2.05. The van der Waals surface area contributed by atoms with Gasteiger partial charge in [0, 0.05) is 11.6 Å².